The first-order valence-electron chi connectivity index (χ1n) is 14.3. The minimum absolute atomic E-state index is 0.111. The third-order valence-corrected chi connectivity index (χ3v) is 11.2. The molecule has 0 spiro atoms. The van der Waals surface area contributed by atoms with E-state index in [1.165, 1.54) is 6.92 Å². The number of ether oxygens (including phenoxy) is 3. The normalized spacial score (nSPS) is 51.3. The van der Waals surface area contributed by atoms with Gasteiger partial charge in [0.05, 0.1) is 12.7 Å². The lowest BCUT2D eigenvalue weighted by Crippen LogP contribution is -2.69. The molecule has 0 radical (unpaired) electrons. The van der Waals surface area contributed by atoms with Gasteiger partial charge in [-0.05, 0) is 74.2 Å². The van der Waals surface area contributed by atoms with Crippen LogP contribution in [0.2, 0.25) is 0 Å². The van der Waals surface area contributed by atoms with E-state index in [0.29, 0.717) is 19.3 Å². The van der Waals surface area contributed by atoms with Crippen LogP contribution in [-0.2, 0) is 23.8 Å². The molecule has 1 heterocycles. The summed E-state index contributed by atoms with van der Waals surface area (Å²) in [5, 5.41) is 52.8. The van der Waals surface area contributed by atoms with E-state index < -0.39 is 66.5 Å². The molecule has 39 heavy (non-hydrogen) atoms. The van der Waals surface area contributed by atoms with Crippen LogP contribution in [0.4, 0.5) is 0 Å². The second-order valence-electron chi connectivity index (χ2n) is 13.1. The van der Waals surface area contributed by atoms with Crippen LogP contribution in [0.5, 0.6) is 0 Å². The van der Waals surface area contributed by atoms with Gasteiger partial charge in [-0.25, -0.2) is 0 Å². The van der Waals surface area contributed by atoms with Crippen LogP contribution in [0.3, 0.4) is 0 Å². The van der Waals surface area contributed by atoms with Gasteiger partial charge in [-0.2, -0.15) is 0 Å². The quantitative estimate of drug-likeness (QED) is 0.246. The maximum atomic E-state index is 12.5. The second kappa shape index (κ2) is 10.2. The Morgan fingerprint density at radius 2 is 1.77 bits per heavy atom. The number of allylic oxidation sites excluding steroid dienone is 2. The van der Waals surface area contributed by atoms with Crippen molar-refractivity contribution in [1.82, 2.24) is 0 Å². The number of fused-ring (bicyclic) bond motifs is 5. The largest absolute Gasteiger partial charge is 0.459 e. The van der Waals surface area contributed by atoms with Crippen LogP contribution in [0.25, 0.3) is 0 Å². The number of carbonyl (C=O) groups is 2. The number of rotatable bonds is 5. The Balaban J connectivity index is 1.40. The van der Waals surface area contributed by atoms with E-state index in [2.05, 4.69) is 19.9 Å². The summed E-state index contributed by atoms with van der Waals surface area (Å²) in [5.74, 6) is 0.213. The molecule has 5 N–H and O–H groups in total. The summed E-state index contributed by atoms with van der Waals surface area (Å²) in [5.41, 5.74) is -1.30. The maximum Gasteiger partial charge on any atom is 0.303 e. The van der Waals surface area contributed by atoms with E-state index in [-0.39, 0.29) is 35.4 Å². The van der Waals surface area contributed by atoms with E-state index >= 15 is 0 Å². The lowest BCUT2D eigenvalue weighted by atomic mass is 9.42. The van der Waals surface area contributed by atoms with Crippen molar-refractivity contribution < 1.29 is 49.3 Å². The predicted molar refractivity (Wildman–Crippen MR) is 137 cm³/mol. The van der Waals surface area contributed by atoms with Crippen molar-refractivity contribution in [1.29, 1.82) is 0 Å². The number of hydrogen-bond acceptors (Lipinski definition) is 10. The van der Waals surface area contributed by atoms with Crippen molar-refractivity contribution >= 4 is 11.8 Å². The topological polar surface area (TPSA) is 163 Å². The van der Waals surface area contributed by atoms with Gasteiger partial charge in [0.1, 0.15) is 36.1 Å². The van der Waals surface area contributed by atoms with Crippen LogP contribution in [0.1, 0.15) is 72.6 Å². The smallest absolute Gasteiger partial charge is 0.303 e. The number of Topliss-reactive ketones (excluding diaryl/α,β-unsaturated/α-hetero) is 1. The molecule has 10 nitrogen and oxygen atoms in total. The molecule has 4 aliphatic carbocycles. The molecule has 5 rings (SSSR count). The molecule has 13 atom stereocenters. The Hall–Kier alpha value is -1.40. The van der Waals surface area contributed by atoms with E-state index in [4.69, 9.17) is 14.2 Å². The molecule has 1 saturated heterocycles. The molecule has 0 amide bonds. The maximum absolute atomic E-state index is 12.5. The molecule has 0 unspecified atom stereocenters. The molecule has 5 aliphatic rings. The molecule has 0 bridgehead atoms. The highest BCUT2D eigenvalue weighted by Crippen LogP contribution is 2.68. The summed E-state index contributed by atoms with van der Waals surface area (Å²) in [6, 6.07) is 0. The number of esters is 1. The van der Waals surface area contributed by atoms with Crippen molar-refractivity contribution in [3.63, 3.8) is 0 Å². The highest BCUT2D eigenvalue weighted by atomic mass is 16.7. The van der Waals surface area contributed by atoms with Gasteiger partial charge in [0.25, 0.3) is 0 Å². The fourth-order valence-electron chi connectivity index (χ4n) is 9.16. The molecule has 3 saturated carbocycles. The Bertz CT molecular complexity index is 1010. The van der Waals surface area contributed by atoms with Crippen LogP contribution in [-0.4, -0.2) is 92.4 Å². The van der Waals surface area contributed by atoms with Crippen molar-refractivity contribution in [2.45, 2.75) is 121 Å². The monoisotopic (exact) mass is 552 g/mol. The lowest BCUT2D eigenvalue weighted by molar-refractivity contribution is -0.328. The van der Waals surface area contributed by atoms with E-state index in [9.17, 15) is 35.1 Å². The van der Waals surface area contributed by atoms with Gasteiger partial charge in [-0.15, -0.1) is 0 Å². The lowest BCUT2D eigenvalue weighted by Gasteiger charge is -2.65. The number of ketones is 1. The summed E-state index contributed by atoms with van der Waals surface area (Å²) in [6.07, 6.45) is -1.96. The van der Waals surface area contributed by atoms with Crippen molar-refractivity contribution in [2.75, 3.05) is 6.61 Å². The average Bonchev–Trinajstić information content (AvgIpc) is 3.23. The highest BCUT2D eigenvalue weighted by Gasteiger charge is 2.68. The van der Waals surface area contributed by atoms with Gasteiger partial charge in [-0.3, -0.25) is 9.59 Å². The van der Waals surface area contributed by atoms with Gasteiger partial charge in [0.15, 0.2) is 12.1 Å². The zero-order valence-corrected chi connectivity index (χ0v) is 23.3. The van der Waals surface area contributed by atoms with Gasteiger partial charge in [0.2, 0.25) is 0 Å². The summed E-state index contributed by atoms with van der Waals surface area (Å²) in [4.78, 5) is 24.7. The minimum Gasteiger partial charge on any atom is -0.459 e. The van der Waals surface area contributed by atoms with Gasteiger partial charge < -0.3 is 39.7 Å². The highest BCUT2D eigenvalue weighted by molar-refractivity contribution is 5.95. The Kier molecular flexibility index (Phi) is 7.58. The van der Waals surface area contributed by atoms with Crippen LogP contribution >= 0.6 is 0 Å². The van der Waals surface area contributed by atoms with Crippen LogP contribution in [0, 0.1) is 28.6 Å². The van der Waals surface area contributed by atoms with Gasteiger partial charge >= 0.3 is 5.97 Å². The first kappa shape index (κ1) is 29.1. The fraction of sp³-hybridized carbons (Fsp3) is 0.862. The molecule has 220 valence electrons. The molecule has 0 aromatic rings. The summed E-state index contributed by atoms with van der Waals surface area (Å²) < 4.78 is 17.5. The predicted octanol–water partition coefficient (Wildman–Crippen LogP) is 0.996. The molecule has 0 aromatic heterocycles. The second-order valence-corrected chi connectivity index (χ2v) is 13.1. The van der Waals surface area contributed by atoms with Gasteiger partial charge in [-0.1, -0.05) is 19.9 Å². The molecule has 1 aliphatic heterocycles. The first-order chi connectivity index (χ1) is 18.3. The minimum atomic E-state index is -1.56. The molecule has 0 aromatic carbocycles. The third-order valence-electron chi connectivity index (χ3n) is 11.2. The molecular formula is C29H44O10. The summed E-state index contributed by atoms with van der Waals surface area (Å²) in [7, 11) is 0. The first-order valence-corrected chi connectivity index (χ1v) is 14.3. The number of hydrogen-bond donors (Lipinski definition) is 5. The molecule has 4 fully saturated rings. The standard InChI is InChI=1S/C29H44O10/c1-14(31)18-5-6-19-17-11-22(37-15(2)32)29(36)12-16(7-10-28(29,4)20(17)8-9-27(18,19)3)38-26-25(35)24(34)23(33)21(13-30)39-26/h5,16-17,19-26,30,33-36H,6-13H2,1-4H3/t16-,17-,19-,20-,21+,22+,23+,24-,25+,26+,27+,28+,29-/m0/s1. The van der Waals surface area contributed by atoms with Gasteiger partial charge in [0, 0.05) is 18.8 Å². The van der Waals surface area contributed by atoms with Crippen molar-refractivity contribution in [2.24, 2.45) is 28.6 Å². The number of aliphatic hydroxyl groups is 5. The van der Waals surface area contributed by atoms with Crippen LogP contribution < -0.4 is 0 Å². The fourth-order valence-corrected chi connectivity index (χ4v) is 9.16. The number of aliphatic hydroxyl groups excluding tert-OH is 4. The number of carbonyl (C=O) groups excluding carboxylic acids is 2. The average molecular weight is 553 g/mol. The van der Waals surface area contributed by atoms with Crippen molar-refractivity contribution in [3.05, 3.63) is 11.6 Å². The van der Waals surface area contributed by atoms with E-state index in [0.717, 1.165) is 24.8 Å². The Morgan fingerprint density at radius 1 is 1.05 bits per heavy atom. The van der Waals surface area contributed by atoms with Crippen LogP contribution in [0.15, 0.2) is 11.6 Å². The molecular weight excluding hydrogens is 508 g/mol. The van der Waals surface area contributed by atoms with E-state index in [1.54, 1.807) is 6.92 Å². The summed E-state index contributed by atoms with van der Waals surface area (Å²) in [6.45, 7) is 6.68. The zero-order chi connectivity index (χ0) is 28.5. The summed E-state index contributed by atoms with van der Waals surface area (Å²) >= 11 is 0. The molecule has 10 heteroatoms. The Morgan fingerprint density at radius 3 is 2.41 bits per heavy atom. The third kappa shape index (κ3) is 4.42. The van der Waals surface area contributed by atoms with Crippen molar-refractivity contribution in [3.8, 4) is 0 Å². The van der Waals surface area contributed by atoms with E-state index in [1.807, 2.05) is 0 Å². The SMILES string of the molecule is CC(=O)O[C@@H]1C[C@H]2[C@@H]3CC=C(C(C)=O)[C@@]3(C)CC[C@@H]2[C@@]2(C)CC[C@H](O[C@@H]3O[C@H](CO)[C@@H](O)[C@H](O)[C@H]3O)C[C@]12O. The Labute approximate surface area is 229 Å². The zero-order valence-electron chi connectivity index (χ0n) is 23.3.